The topological polar surface area (TPSA) is 35.2 Å². The Balaban J connectivity index is 2.23. The Morgan fingerprint density at radius 3 is 2.29 bits per heavy atom. The number of nitrogens with two attached hydrogens (primary N) is 1. The molecule has 0 saturated carbocycles. The Morgan fingerprint density at radius 1 is 1.29 bits per heavy atom. The zero-order chi connectivity index (χ0) is 10.0. The van der Waals surface area contributed by atoms with Crippen molar-refractivity contribution >= 4 is 0 Å². The van der Waals surface area contributed by atoms with Gasteiger partial charge in [0.25, 0.3) is 0 Å². The van der Waals surface area contributed by atoms with E-state index in [0.29, 0.717) is 6.54 Å². The summed E-state index contributed by atoms with van der Waals surface area (Å²) >= 11 is 0. The second-order valence-electron chi connectivity index (χ2n) is 3.94. The first-order valence-corrected chi connectivity index (χ1v) is 5.20. The van der Waals surface area contributed by atoms with Gasteiger partial charge in [0.2, 0.25) is 0 Å². The first-order chi connectivity index (χ1) is 6.79. The molecule has 0 heterocycles. The lowest BCUT2D eigenvalue weighted by Crippen LogP contribution is -2.41. The second-order valence-corrected chi connectivity index (χ2v) is 3.94. The molecule has 0 aromatic heterocycles. The SMILES string of the molecule is CCOC1(CN)Cc2ccccc2C1. The molecular weight excluding hydrogens is 174 g/mol. The molecule has 0 atom stereocenters. The average Bonchev–Trinajstić information content (AvgIpc) is 2.57. The number of benzene rings is 1. The van der Waals surface area contributed by atoms with Crippen LogP contribution in [0, 0.1) is 0 Å². The molecular formula is C12H17NO. The van der Waals surface area contributed by atoms with E-state index < -0.39 is 0 Å². The van der Waals surface area contributed by atoms with Crippen molar-refractivity contribution in [1.82, 2.24) is 0 Å². The van der Waals surface area contributed by atoms with Crippen LogP contribution < -0.4 is 5.73 Å². The van der Waals surface area contributed by atoms with Crippen molar-refractivity contribution in [2.24, 2.45) is 5.73 Å². The predicted molar refractivity (Wildman–Crippen MR) is 57.3 cm³/mol. The largest absolute Gasteiger partial charge is 0.373 e. The lowest BCUT2D eigenvalue weighted by Gasteiger charge is -2.26. The standard InChI is InChI=1S/C12H17NO/c1-2-14-12(9-13)7-10-5-3-4-6-11(10)8-12/h3-6H,2,7-9,13H2,1H3. The lowest BCUT2D eigenvalue weighted by atomic mass is 10.0. The van der Waals surface area contributed by atoms with Gasteiger partial charge >= 0.3 is 0 Å². The summed E-state index contributed by atoms with van der Waals surface area (Å²) in [6, 6.07) is 8.51. The Labute approximate surface area is 85.1 Å². The summed E-state index contributed by atoms with van der Waals surface area (Å²) in [6.07, 6.45) is 1.93. The Hall–Kier alpha value is -0.860. The highest BCUT2D eigenvalue weighted by atomic mass is 16.5. The zero-order valence-electron chi connectivity index (χ0n) is 8.62. The molecule has 0 bridgehead atoms. The molecule has 76 valence electrons. The normalized spacial score (nSPS) is 18.1. The van der Waals surface area contributed by atoms with Crippen LogP contribution in [-0.4, -0.2) is 18.8 Å². The molecule has 0 saturated heterocycles. The number of fused-ring (bicyclic) bond motifs is 1. The molecule has 1 aromatic carbocycles. The summed E-state index contributed by atoms with van der Waals surface area (Å²) in [4.78, 5) is 0. The monoisotopic (exact) mass is 191 g/mol. The maximum atomic E-state index is 5.81. The van der Waals surface area contributed by atoms with E-state index in [4.69, 9.17) is 10.5 Å². The summed E-state index contributed by atoms with van der Waals surface area (Å²) in [6.45, 7) is 3.38. The highest BCUT2D eigenvalue weighted by Crippen LogP contribution is 2.31. The summed E-state index contributed by atoms with van der Waals surface area (Å²) in [5.74, 6) is 0. The molecule has 1 aromatic rings. The van der Waals surface area contributed by atoms with E-state index in [9.17, 15) is 0 Å². The van der Waals surface area contributed by atoms with Crippen LogP contribution in [0.25, 0.3) is 0 Å². The molecule has 0 unspecified atom stereocenters. The van der Waals surface area contributed by atoms with E-state index in [1.54, 1.807) is 0 Å². The number of hydrogen-bond acceptors (Lipinski definition) is 2. The quantitative estimate of drug-likeness (QED) is 0.786. The molecule has 0 amide bonds. The molecule has 2 N–H and O–H groups in total. The second kappa shape index (κ2) is 3.71. The molecule has 2 nitrogen and oxygen atoms in total. The Morgan fingerprint density at radius 2 is 1.86 bits per heavy atom. The van der Waals surface area contributed by atoms with Crippen LogP contribution in [0.1, 0.15) is 18.1 Å². The fourth-order valence-electron chi connectivity index (χ4n) is 2.27. The Kier molecular flexibility index (Phi) is 2.57. The van der Waals surface area contributed by atoms with Crippen molar-refractivity contribution in [2.75, 3.05) is 13.2 Å². The van der Waals surface area contributed by atoms with E-state index in [-0.39, 0.29) is 5.60 Å². The summed E-state index contributed by atoms with van der Waals surface area (Å²) < 4.78 is 5.80. The number of rotatable bonds is 3. The van der Waals surface area contributed by atoms with Gasteiger partial charge in [0.1, 0.15) is 0 Å². The van der Waals surface area contributed by atoms with Gasteiger partial charge in [-0.25, -0.2) is 0 Å². The first-order valence-electron chi connectivity index (χ1n) is 5.20. The summed E-state index contributed by atoms with van der Waals surface area (Å²) in [5, 5.41) is 0. The minimum atomic E-state index is -0.127. The van der Waals surface area contributed by atoms with Gasteiger partial charge < -0.3 is 10.5 Å². The lowest BCUT2D eigenvalue weighted by molar-refractivity contribution is -0.0239. The van der Waals surface area contributed by atoms with Gasteiger partial charge in [0.15, 0.2) is 0 Å². The van der Waals surface area contributed by atoms with Crippen LogP contribution in [0.2, 0.25) is 0 Å². The minimum absolute atomic E-state index is 0.127. The van der Waals surface area contributed by atoms with Crippen molar-refractivity contribution in [2.45, 2.75) is 25.4 Å². The van der Waals surface area contributed by atoms with Crippen LogP contribution in [-0.2, 0) is 17.6 Å². The predicted octanol–water partition coefficient (Wildman–Crippen LogP) is 1.52. The molecule has 0 fully saturated rings. The Bertz CT molecular complexity index is 297. The number of ether oxygens (including phenoxy) is 1. The van der Waals surface area contributed by atoms with E-state index in [1.165, 1.54) is 11.1 Å². The van der Waals surface area contributed by atoms with Crippen molar-refractivity contribution < 1.29 is 4.74 Å². The van der Waals surface area contributed by atoms with Gasteiger partial charge in [-0.2, -0.15) is 0 Å². The molecule has 0 spiro atoms. The summed E-state index contributed by atoms with van der Waals surface area (Å²) in [5.41, 5.74) is 8.47. The summed E-state index contributed by atoms with van der Waals surface area (Å²) in [7, 11) is 0. The zero-order valence-corrected chi connectivity index (χ0v) is 8.62. The molecule has 2 heteroatoms. The van der Waals surface area contributed by atoms with Gasteiger partial charge in [0.05, 0.1) is 5.60 Å². The molecule has 1 aliphatic carbocycles. The molecule has 0 radical (unpaired) electrons. The van der Waals surface area contributed by atoms with Gasteiger partial charge in [-0.05, 0) is 18.1 Å². The fraction of sp³-hybridized carbons (Fsp3) is 0.500. The van der Waals surface area contributed by atoms with Gasteiger partial charge in [-0.15, -0.1) is 0 Å². The van der Waals surface area contributed by atoms with Crippen LogP contribution in [0.4, 0.5) is 0 Å². The highest BCUT2D eigenvalue weighted by molar-refractivity contribution is 5.35. The van der Waals surface area contributed by atoms with E-state index in [0.717, 1.165) is 19.4 Å². The van der Waals surface area contributed by atoms with Crippen LogP contribution in [0.5, 0.6) is 0 Å². The van der Waals surface area contributed by atoms with Crippen LogP contribution in [0.3, 0.4) is 0 Å². The van der Waals surface area contributed by atoms with Crippen molar-refractivity contribution in [3.05, 3.63) is 35.4 Å². The molecule has 14 heavy (non-hydrogen) atoms. The number of hydrogen-bond donors (Lipinski definition) is 1. The van der Waals surface area contributed by atoms with Crippen molar-refractivity contribution in [3.63, 3.8) is 0 Å². The average molecular weight is 191 g/mol. The fourth-order valence-corrected chi connectivity index (χ4v) is 2.27. The van der Waals surface area contributed by atoms with E-state index in [1.807, 2.05) is 6.92 Å². The minimum Gasteiger partial charge on any atom is -0.373 e. The third-order valence-electron chi connectivity index (χ3n) is 2.97. The van der Waals surface area contributed by atoms with Crippen LogP contribution in [0.15, 0.2) is 24.3 Å². The van der Waals surface area contributed by atoms with E-state index in [2.05, 4.69) is 24.3 Å². The third-order valence-corrected chi connectivity index (χ3v) is 2.97. The third kappa shape index (κ3) is 1.56. The van der Waals surface area contributed by atoms with Gasteiger partial charge in [-0.1, -0.05) is 24.3 Å². The van der Waals surface area contributed by atoms with Gasteiger partial charge in [-0.3, -0.25) is 0 Å². The maximum absolute atomic E-state index is 5.81. The molecule has 1 aliphatic rings. The molecule has 2 rings (SSSR count). The van der Waals surface area contributed by atoms with Crippen molar-refractivity contribution in [3.8, 4) is 0 Å². The highest BCUT2D eigenvalue weighted by Gasteiger charge is 2.36. The van der Waals surface area contributed by atoms with E-state index >= 15 is 0 Å². The maximum Gasteiger partial charge on any atom is 0.0884 e. The first kappa shape index (κ1) is 9.69. The smallest absolute Gasteiger partial charge is 0.0884 e. The van der Waals surface area contributed by atoms with Crippen LogP contribution >= 0.6 is 0 Å². The van der Waals surface area contributed by atoms with Crippen molar-refractivity contribution in [1.29, 1.82) is 0 Å². The molecule has 0 aliphatic heterocycles. The van der Waals surface area contributed by atoms with Gasteiger partial charge in [0, 0.05) is 26.0 Å².